The number of carbonyl (C=O) groups excluding carboxylic acids is 2. The van der Waals surface area contributed by atoms with Crippen LogP contribution in [0.3, 0.4) is 0 Å². The van der Waals surface area contributed by atoms with Crippen LogP contribution < -0.4 is 14.8 Å². The van der Waals surface area contributed by atoms with Gasteiger partial charge in [0.05, 0.1) is 18.4 Å². The number of halogens is 1. The number of anilines is 1. The molecule has 1 amide bonds. The van der Waals surface area contributed by atoms with Crippen LogP contribution in [0.1, 0.15) is 28.5 Å². The molecule has 162 valence electrons. The molecule has 31 heavy (non-hydrogen) atoms. The SMILES string of the molecule is COc1cc(C(=O)OC(C)C(=O)Nc2cc(C)no2)ccc1OCc1ccccc1Cl. The Hall–Kier alpha value is -3.52. The summed E-state index contributed by atoms with van der Waals surface area (Å²) >= 11 is 6.14. The molecule has 2 aromatic carbocycles. The molecule has 0 spiro atoms. The molecule has 1 unspecified atom stereocenters. The second kappa shape index (κ2) is 9.99. The topological polar surface area (TPSA) is 99.9 Å². The molecule has 0 fully saturated rings. The van der Waals surface area contributed by atoms with E-state index in [0.29, 0.717) is 22.2 Å². The van der Waals surface area contributed by atoms with Crippen molar-refractivity contribution < 1.29 is 28.3 Å². The van der Waals surface area contributed by atoms with Crippen molar-refractivity contribution in [3.63, 3.8) is 0 Å². The molecule has 3 aromatic rings. The first-order valence-electron chi connectivity index (χ1n) is 9.36. The van der Waals surface area contributed by atoms with Gasteiger partial charge in [0.25, 0.3) is 5.91 Å². The highest BCUT2D eigenvalue weighted by Crippen LogP contribution is 2.30. The van der Waals surface area contributed by atoms with Crippen molar-refractivity contribution in [2.45, 2.75) is 26.6 Å². The molecule has 3 rings (SSSR count). The molecule has 1 heterocycles. The Kier molecular flexibility index (Phi) is 7.15. The van der Waals surface area contributed by atoms with E-state index in [1.807, 2.05) is 18.2 Å². The predicted octanol–water partition coefficient (Wildman–Crippen LogP) is 4.41. The van der Waals surface area contributed by atoms with E-state index >= 15 is 0 Å². The molecule has 0 radical (unpaired) electrons. The van der Waals surface area contributed by atoms with Gasteiger partial charge in [-0.15, -0.1) is 0 Å². The number of hydrogen-bond donors (Lipinski definition) is 1. The van der Waals surface area contributed by atoms with Gasteiger partial charge in [0, 0.05) is 16.7 Å². The second-order valence-corrected chi connectivity index (χ2v) is 7.02. The summed E-state index contributed by atoms with van der Waals surface area (Å²) < 4.78 is 21.3. The number of methoxy groups -OCH3 is 1. The summed E-state index contributed by atoms with van der Waals surface area (Å²) in [6.45, 7) is 3.41. The maximum atomic E-state index is 12.5. The Balaban J connectivity index is 1.63. The van der Waals surface area contributed by atoms with Crippen molar-refractivity contribution in [1.29, 1.82) is 0 Å². The lowest BCUT2D eigenvalue weighted by atomic mass is 10.2. The maximum Gasteiger partial charge on any atom is 0.339 e. The highest BCUT2D eigenvalue weighted by Gasteiger charge is 2.21. The minimum atomic E-state index is -1.06. The van der Waals surface area contributed by atoms with Gasteiger partial charge in [0.1, 0.15) is 6.61 Å². The van der Waals surface area contributed by atoms with Crippen molar-refractivity contribution in [1.82, 2.24) is 5.16 Å². The average molecular weight is 445 g/mol. The molecule has 9 heteroatoms. The van der Waals surface area contributed by atoms with Gasteiger partial charge in [-0.25, -0.2) is 4.79 Å². The highest BCUT2D eigenvalue weighted by atomic mass is 35.5. The zero-order chi connectivity index (χ0) is 22.4. The molecule has 0 aliphatic heterocycles. The van der Waals surface area contributed by atoms with E-state index in [9.17, 15) is 9.59 Å². The van der Waals surface area contributed by atoms with Crippen LogP contribution in [0, 0.1) is 6.92 Å². The van der Waals surface area contributed by atoms with Crippen molar-refractivity contribution in [2.24, 2.45) is 0 Å². The van der Waals surface area contributed by atoms with E-state index in [-0.39, 0.29) is 18.1 Å². The van der Waals surface area contributed by atoms with Gasteiger partial charge < -0.3 is 18.7 Å². The number of amides is 1. The molecular formula is C22H21ClN2O6. The number of hydrogen-bond acceptors (Lipinski definition) is 7. The quantitative estimate of drug-likeness (QED) is 0.513. The molecule has 0 aliphatic carbocycles. The van der Waals surface area contributed by atoms with Crippen LogP contribution in [-0.4, -0.2) is 30.2 Å². The largest absolute Gasteiger partial charge is 0.493 e. The summed E-state index contributed by atoms with van der Waals surface area (Å²) in [6.07, 6.45) is -1.06. The summed E-state index contributed by atoms with van der Waals surface area (Å²) in [5, 5.41) is 6.75. The minimum Gasteiger partial charge on any atom is -0.493 e. The van der Waals surface area contributed by atoms with Crippen molar-refractivity contribution in [3.8, 4) is 11.5 Å². The Morgan fingerprint density at radius 3 is 2.61 bits per heavy atom. The lowest BCUT2D eigenvalue weighted by molar-refractivity contribution is -0.123. The fourth-order valence-corrected chi connectivity index (χ4v) is 2.80. The van der Waals surface area contributed by atoms with E-state index in [1.165, 1.54) is 26.2 Å². The molecular weight excluding hydrogens is 424 g/mol. The summed E-state index contributed by atoms with van der Waals surface area (Å²) in [6, 6.07) is 13.5. The number of nitrogens with zero attached hydrogens (tertiary/aromatic N) is 1. The van der Waals surface area contributed by atoms with Crippen LogP contribution in [0.25, 0.3) is 0 Å². The first kappa shape index (κ1) is 22.2. The predicted molar refractivity (Wildman–Crippen MR) is 114 cm³/mol. The van der Waals surface area contributed by atoms with E-state index in [0.717, 1.165) is 5.56 Å². The van der Waals surface area contributed by atoms with Crippen LogP contribution in [0.4, 0.5) is 5.88 Å². The standard InChI is InChI=1S/C22H21ClN2O6/c1-13-10-20(31-25-13)24-21(26)14(2)30-22(27)15-8-9-18(19(11-15)28-3)29-12-16-6-4-5-7-17(16)23/h4-11,14H,12H2,1-3H3,(H,24,26). The van der Waals surface area contributed by atoms with Crippen LogP contribution in [0.5, 0.6) is 11.5 Å². The third kappa shape index (κ3) is 5.76. The molecule has 1 N–H and O–H groups in total. The molecule has 0 aliphatic rings. The smallest absolute Gasteiger partial charge is 0.339 e. The minimum absolute atomic E-state index is 0.173. The third-order valence-corrected chi connectivity index (χ3v) is 4.64. The summed E-state index contributed by atoms with van der Waals surface area (Å²) in [5.74, 6) is -0.281. The summed E-state index contributed by atoms with van der Waals surface area (Å²) in [4.78, 5) is 24.6. The van der Waals surface area contributed by atoms with Gasteiger partial charge in [0.15, 0.2) is 17.6 Å². The number of benzene rings is 2. The average Bonchev–Trinajstić information content (AvgIpc) is 3.17. The number of esters is 1. The number of nitrogens with one attached hydrogen (secondary N) is 1. The lowest BCUT2D eigenvalue weighted by Crippen LogP contribution is -2.29. The first-order chi connectivity index (χ1) is 14.9. The van der Waals surface area contributed by atoms with Gasteiger partial charge in [-0.2, -0.15) is 0 Å². The monoisotopic (exact) mass is 444 g/mol. The van der Waals surface area contributed by atoms with Crippen LogP contribution >= 0.6 is 11.6 Å². The number of aryl methyl sites for hydroxylation is 1. The normalized spacial score (nSPS) is 11.5. The van der Waals surface area contributed by atoms with Gasteiger partial charge >= 0.3 is 5.97 Å². The van der Waals surface area contributed by atoms with Crippen molar-refractivity contribution in [3.05, 3.63) is 70.4 Å². The first-order valence-corrected chi connectivity index (χ1v) is 9.74. The molecule has 0 bridgehead atoms. The Bertz CT molecular complexity index is 1080. The highest BCUT2D eigenvalue weighted by molar-refractivity contribution is 6.31. The zero-order valence-electron chi connectivity index (χ0n) is 17.2. The molecule has 0 saturated carbocycles. The van der Waals surface area contributed by atoms with Crippen LogP contribution in [0.15, 0.2) is 53.1 Å². The number of rotatable bonds is 8. The number of aromatic nitrogens is 1. The molecule has 1 aromatic heterocycles. The van der Waals surface area contributed by atoms with Crippen molar-refractivity contribution in [2.75, 3.05) is 12.4 Å². The Morgan fingerprint density at radius 1 is 1.16 bits per heavy atom. The maximum absolute atomic E-state index is 12.5. The Labute approximate surface area is 184 Å². The lowest BCUT2D eigenvalue weighted by Gasteiger charge is -2.14. The number of ether oxygens (including phenoxy) is 3. The van der Waals surface area contributed by atoms with E-state index in [1.54, 1.807) is 25.1 Å². The van der Waals surface area contributed by atoms with E-state index < -0.39 is 18.0 Å². The summed E-state index contributed by atoms with van der Waals surface area (Å²) in [7, 11) is 1.46. The van der Waals surface area contributed by atoms with E-state index in [4.69, 9.17) is 30.3 Å². The van der Waals surface area contributed by atoms with Crippen molar-refractivity contribution >= 4 is 29.4 Å². The molecule has 1 atom stereocenters. The Morgan fingerprint density at radius 2 is 1.94 bits per heavy atom. The summed E-state index contributed by atoms with van der Waals surface area (Å²) in [5.41, 5.74) is 1.64. The van der Waals surface area contributed by atoms with Gasteiger partial charge in [-0.3, -0.25) is 10.1 Å². The second-order valence-electron chi connectivity index (χ2n) is 6.62. The van der Waals surface area contributed by atoms with Crippen LogP contribution in [0.2, 0.25) is 5.02 Å². The molecule has 8 nitrogen and oxygen atoms in total. The van der Waals surface area contributed by atoms with Gasteiger partial charge in [0.2, 0.25) is 5.88 Å². The van der Waals surface area contributed by atoms with E-state index in [2.05, 4.69) is 10.5 Å². The number of carbonyl (C=O) groups is 2. The molecule has 0 saturated heterocycles. The van der Waals surface area contributed by atoms with Gasteiger partial charge in [-0.05, 0) is 38.1 Å². The fraction of sp³-hybridized carbons (Fsp3) is 0.227. The third-order valence-electron chi connectivity index (χ3n) is 4.27. The van der Waals surface area contributed by atoms with Crippen LogP contribution in [-0.2, 0) is 16.1 Å². The van der Waals surface area contributed by atoms with Gasteiger partial charge in [-0.1, -0.05) is 35.0 Å². The fourth-order valence-electron chi connectivity index (χ4n) is 2.61. The zero-order valence-corrected chi connectivity index (χ0v) is 17.9.